The number of hydrogen-bond donors (Lipinski definition) is 0. The number of rotatable bonds is 1. The molecule has 1 aromatic carbocycles. The van der Waals surface area contributed by atoms with Crippen LogP contribution in [0.5, 0.6) is 0 Å². The molecule has 0 radical (unpaired) electrons. The Bertz CT molecular complexity index is 437. The Balaban J connectivity index is 2.34. The molecular weight excluding hydrogens is 190 g/mol. The van der Waals surface area contributed by atoms with Crippen LogP contribution >= 0.6 is 0 Å². The first-order chi connectivity index (χ1) is 7.09. The van der Waals surface area contributed by atoms with Crippen molar-refractivity contribution in [1.82, 2.24) is 0 Å². The van der Waals surface area contributed by atoms with Gasteiger partial charge >= 0.3 is 0 Å². The molecule has 0 aromatic heterocycles. The first-order valence-electron chi connectivity index (χ1n) is 5.01. The molecule has 0 bridgehead atoms. The summed E-state index contributed by atoms with van der Waals surface area (Å²) in [6, 6.07) is 5.81. The molecule has 1 saturated heterocycles. The van der Waals surface area contributed by atoms with E-state index in [9.17, 15) is 9.59 Å². The van der Waals surface area contributed by atoms with E-state index in [1.165, 1.54) is 5.56 Å². The van der Waals surface area contributed by atoms with Gasteiger partial charge in [-0.05, 0) is 37.1 Å². The second-order valence-corrected chi connectivity index (χ2v) is 3.90. The first-order valence-corrected chi connectivity index (χ1v) is 5.01. The molecular formula is C12H13NO2. The van der Waals surface area contributed by atoms with E-state index in [2.05, 4.69) is 0 Å². The summed E-state index contributed by atoms with van der Waals surface area (Å²) < 4.78 is 0. The van der Waals surface area contributed by atoms with Crippen LogP contribution < -0.4 is 4.90 Å². The van der Waals surface area contributed by atoms with Crippen LogP contribution in [0, 0.1) is 13.8 Å². The third-order valence-electron chi connectivity index (χ3n) is 2.85. The Hall–Kier alpha value is -1.64. The van der Waals surface area contributed by atoms with Crippen LogP contribution in [0.25, 0.3) is 0 Å². The Morgan fingerprint density at radius 3 is 2.40 bits per heavy atom. The average Bonchev–Trinajstić information content (AvgIpc) is 2.53. The van der Waals surface area contributed by atoms with Crippen molar-refractivity contribution >= 4 is 17.4 Å². The molecule has 1 aromatic rings. The first kappa shape index (κ1) is 9.90. The van der Waals surface area contributed by atoms with E-state index >= 15 is 0 Å². The monoisotopic (exact) mass is 203 g/mol. The molecule has 0 N–H and O–H groups in total. The Labute approximate surface area is 88.7 Å². The summed E-state index contributed by atoms with van der Waals surface area (Å²) in [6.07, 6.45) is 0.339. The minimum absolute atomic E-state index is 0.284. The van der Waals surface area contributed by atoms with Gasteiger partial charge in [-0.1, -0.05) is 6.07 Å². The van der Waals surface area contributed by atoms with Crippen LogP contribution in [-0.4, -0.2) is 18.2 Å². The summed E-state index contributed by atoms with van der Waals surface area (Å²) in [5.41, 5.74) is 3.16. The Morgan fingerprint density at radius 2 is 1.87 bits per heavy atom. The highest BCUT2D eigenvalue weighted by Crippen LogP contribution is 2.22. The maximum atomic E-state index is 11.5. The van der Waals surface area contributed by atoms with Crippen molar-refractivity contribution in [1.29, 1.82) is 0 Å². The highest BCUT2D eigenvalue weighted by molar-refractivity contribution is 6.43. The fraction of sp³-hybridized carbons (Fsp3) is 0.333. The molecule has 1 amide bonds. The smallest absolute Gasteiger partial charge is 0.294 e. The lowest BCUT2D eigenvalue weighted by Crippen LogP contribution is -2.26. The largest absolute Gasteiger partial charge is 0.305 e. The standard InChI is InChI=1S/C12H13NO2/c1-8-3-4-10(7-9(8)2)13-6-5-11(14)12(13)15/h3-4,7H,5-6H2,1-2H3. The zero-order chi connectivity index (χ0) is 11.0. The number of aryl methyl sites for hydroxylation is 2. The van der Waals surface area contributed by atoms with Gasteiger partial charge in [0.05, 0.1) is 0 Å². The summed E-state index contributed by atoms with van der Waals surface area (Å²) in [7, 11) is 0. The third kappa shape index (κ3) is 1.65. The minimum atomic E-state index is -0.377. The van der Waals surface area contributed by atoms with Crippen molar-refractivity contribution in [3.05, 3.63) is 29.3 Å². The third-order valence-corrected chi connectivity index (χ3v) is 2.85. The lowest BCUT2D eigenvalue weighted by atomic mass is 10.1. The molecule has 1 fully saturated rings. The number of hydrogen-bond acceptors (Lipinski definition) is 2. The van der Waals surface area contributed by atoms with Crippen molar-refractivity contribution in [3.8, 4) is 0 Å². The quantitative estimate of drug-likeness (QED) is 0.650. The summed E-state index contributed by atoms with van der Waals surface area (Å²) in [5.74, 6) is -0.661. The van der Waals surface area contributed by atoms with Gasteiger partial charge in [0, 0.05) is 18.7 Å². The molecule has 0 unspecified atom stereocenters. The molecule has 3 nitrogen and oxygen atoms in total. The van der Waals surface area contributed by atoms with E-state index < -0.39 is 0 Å². The second-order valence-electron chi connectivity index (χ2n) is 3.90. The topological polar surface area (TPSA) is 37.4 Å². The van der Waals surface area contributed by atoms with Crippen LogP contribution in [0.1, 0.15) is 17.5 Å². The van der Waals surface area contributed by atoms with E-state index in [-0.39, 0.29) is 11.7 Å². The van der Waals surface area contributed by atoms with E-state index in [1.54, 1.807) is 4.90 Å². The lowest BCUT2D eigenvalue weighted by Gasteiger charge is -2.15. The summed E-state index contributed by atoms with van der Waals surface area (Å²) in [6.45, 7) is 4.54. The number of ketones is 1. The predicted molar refractivity (Wildman–Crippen MR) is 57.9 cm³/mol. The summed E-state index contributed by atoms with van der Waals surface area (Å²) in [5, 5.41) is 0. The number of carbonyl (C=O) groups is 2. The van der Waals surface area contributed by atoms with Crippen molar-refractivity contribution in [2.45, 2.75) is 20.3 Å². The fourth-order valence-electron chi connectivity index (χ4n) is 1.71. The van der Waals surface area contributed by atoms with Gasteiger partial charge in [0.25, 0.3) is 5.91 Å². The van der Waals surface area contributed by atoms with Crippen molar-refractivity contribution < 1.29 is 9.59 Å². The Morgan fingerprint density at radius 1 is 1.13 bits per heavy atom. The highest BCUT2D eigenvalue weighted by atomic mass is 16.2. The van der Waals surface area contributed by atoms with Crippen molar-refractivity contribution in [3.63, 3.8) is 0 Å². The predicted octanol–water partition coefficient (Wildman–Crippen LogP) is 1.61. The number of nitrogens with zero attached hydrogens (tertiary/aromatic N) is 1. The molecule has 0 atom stereocenters. The number of benzene rings is 1. The maximum absolute atomic E-state index is 11.5. The van der Waals surface area contributed by atoms with Gasteiger partial charge in [-0.15, -0.1) is 0 Å². The van der Waals surface area contributed by atoms with Crippen LogP contribution in [0.15, 0.2) is 18.2 Å². The lowest BCUT2D eigenvalue weighted by molar-refractivity contribution is -0.133. The van der Waals surface area contributed by atoms with Gasteiger partial charge < -0.3 is 4.90 Å². The molecule has 3 heteroatoms. The summed E-state index contributed by atoms with van der Waals surface area (Å²) >= 11 is 0. The molecule has 78 valence electrons. The SMILES string of the molecule is Cc1ccc(N2CCC(=O)C2=O)cc1C. The average molecular weight is 203 g/mol. The van der Waals surface area contributed by atoms with Crippen LogP contribution in [-0.2, 0) is 9.59 Å². The number of anilines is 1. The molecule has 0 aliphatic carbocycles. The maximum Gasteiger partial charge on any atom is 0.294 e. The summed E-state index contributed by atoms with van der Waals surface area (Å²) in [4.78, 5) is 24.1. The van der Waals surface area contributed by atoms with Gasteiger partial charge in [-0.2, -0.15) is 0 Å². The van der Waals surface area contributed by atoms with Crippen LogP contribution in [0.3, 0.4) is 0 Å². The minimum Gasteiger partial charge on any atom is -0.305 e. The number of amides is 1. The Kier molecular flexibility index (Phi) is 2.31. The zero-order valence-electron chi connectivity index (χ0n) is 8.91. The fourth-order valence-corrected chi connectivity index (χ4v) is 1.71. The van der Waals surface area contributed by atoms with Crippen LogP contribution in [0.4, 0.5) is 5.69 Å². The van der Waals surface area contributed by atoms with Gasteiger partial charge in [-0.3, -0.25) is 9.59 Å². The molecule has 2 rings (SSSR count). The van der Waals surface area contributed by atoms with E-state index in [0.717, 1.165) is 11.3 Å². The van der Waals surface area contributed by atoms with E-state index in [1.807, 2.05) is 32.0 Å². The normalized spacial score (nSPS) is 16.3. The van der Waals surface area contributed by atoms with Gasteiger partial charge in [0.2, 0.25) is 5.78 Å². The van der Waals surface area contributed by atoms with Gasteiger partial charge in [0.1, 0.15) is 0 Å². The molecule has 15 heavy (non-hydrogen) atoms. The molecule has 0 saturated carbocycles. The number of carbonyl (C=O) groups excluding carboxylic acids is 2. The van der Waals surface area contributed by atoms with Crippen molar-refractivity contribution in [2.24, 2.45) is 0 Å². The number of Topliss-reactive ketones (excluding diaryl/α,β-unsaturated/α-hetero) is 1. The molecule has 1 aliphatic heterocycles. The second kappa shape index (κ2) is 3.50. The van der Waals surface area contributed by atoms with Crippen molar-refractivity contribution in [2.75, 3.05) is 11.4 Å². The zero-order valence-corrected chi connectivity index (χ0v) is 8.91. The van der Waals surface area contributed by atoms with Gasteiger partial charge in [-0.25, -0.2) is 0 Å². The molecule has 1 heterocycles. The molecule has 1 aliphatic rings. The van der Waals surface area contributed by atoms with E-state index in [0.29, 0.717) is 13.0 Å². The highest BCUT2D eigenvalue weighted by Gasteiger charge is 2.30. The molecule has 0 spiro atoms. The van der Waals surface area contributed by atoms with Gasteiger partial charge in [0.15, 0.2) is 0 Å². The van der Waals surface area contributed by atoms with Crippen LogP contribution in [0.2, 0.25) is 0 Å². The van der Waals surface area contributed by atoms with E-state index in [4.69, 9.17) is 0 Å².